The van der Waals surface area contributed by atoms with E-state index in [-0.39, 0.29) is 12.1 Å². The van der Waals surface area contributed by atoms with Crippen LogP contribution in [0, 0.1) is 0 Å². The number of rotatable bonds is 4. The van der Waals surface area contributed by atoms with Crippen LogP contribution in [0.15, 0.2) is 12.5 Å². The third-order valence-electron chi connectivity index (χ3n) is 2.33. The van der Waals surface area contributed by atoms with Crippen LogP contribution in [0.2, 0.25) is 0 Å². The predicted octanol–water partition coefficient (Wildman–Crippen LogP) is 0.849. The van der Waals surface area contributed by atoms with Crippen molar-refractivity contribution in [1.82, 2.24) is 9.55 Å². The number of hydrogen-bond donors (Lipinski definition) is 0. The number of ether oxygens (including phenoxy) is 2. The maximum Gasteiger partial charge on any atom is 0.358 e. The predicted molar refractivity (Wildman–Crippen MR) is 52.5 cm³/mol. The lowest BCUT2D eigenvalue weighted by molar-refractivity contribution is -0.0592. The Morgan fingerprint density at radius 2 is 2.60 bits per heavy atom. The van der Waals surface area contributed by atoms with E-state index in [4.69, 9.17) is 9.47 Å². The second-order valence-electron chi connectivity index (χ2n) is 3.46. The van der Waals surface area contributed by atoms with Gasteiger partial charge in [-0.15, -0.1) is 0 Å². The molecule has 1 aromatic rings. The first-order valence-electron chi connectivity index (χ1n) is 5.10. The molecule has 15 heavy (non-hydrogen) atoms. The van der Waals surface area contributed by atoms with Crippen LogP contribution in [-0.4, -0.2) is 34.8 Å². The third-order valence-corrected chi connectivity index (χ3v) is 2.33. The van der Waals surface area contributed by atoms with Crippen LogP contribution in [0.3, 0.4) is 0 Å². The third kappa shape index (κ3) is 2.36. The van der Waals surface area contributed by atoms with Crippen LogP contribution < -0.4 is 0 Å². The van der Waals surface area contributed by atoms with Gasteiger partial charge in [0.2, 0.25) is 0 Å². The van der Waals surface area contributed by atoms with Crippen molar-refractivity contribution in [2.75, 3.05) is 13.2 Å². The summed E-state index contributed by atoms with van der Waals surface area (Å²) < 4.78 is 12.0. The average molecular weight is 210 g/mol. The average Bonchev–Trinajstić information content (AvgIpc) is 2.60. The Bertz CT molecular complexity index is 344. The summed E-state index contributed by atoms with van der Waals surface area (Å²) in [7, 11) is 0. The molecule has 1 unspecified atom stereocenters. The molecule has 0 spiro atoms. The van der Waals surface area contributed by atoms with Crippen molar-refractivity contribution in [3.05, 3.63) is 18.2 Å². The molecule has 0 saturated carbocycles. The maximum absolute atomic E-state index is 11.3. The van der Waals surface area contributed by atoms with E-state index in [1.807, 2.05) is 4.57 Å². The first-order chi connectivity index (χ1) is 7.29. The minimum atomic E-state index is -0.370. The lowest BCUT2D eigenvalue weighted by Crippen LogP contribution is -2.30. The molecular formula is C10H14N2O3. The first-order valence-corrected chi connectivity index (χ1v) is 5.10. The van der Waals surface area contributed by atoms with Crippen molar-refractivity contribution in [2.24, 2.45) is 0 Å². The highest BCUT2D eigenvalue weighted by atomic mass is 16.5. The summed E-state index contributed by atoms with van der Waals surface area (Å²) >= 11 is 0. The topological polar surface area (TPSA) is 53.4 Å². The van der Waals surface area contributed by atoms with E-state index in [0.29, 0.717) is 12.3 Å². The highest BCUT2D eigenvalue weighted by Gasteiger charge is 2.19. The molecule has 1 aromatic heterocycles. The van der Waals surface area contributed by atoms with Gasteiger partial charge >= 0.3 is 5.97 Å². The quantitative estimate of drug-likeness (QED) is 0.691. The maximum atomic E-state index is 11.3. The minimum absolute atomic E-state index is 0.272. The van der Waals surface area contributed by atoms with Crippen molar-refractivity contribution in [2.45, 2.75) is 26.0 Å². The Labute approximate surface area is 88.0 Å². The van der Waals surface area contributed by atoms with E-state index in [0.717, 1.165) is 19.6 Å². The summed E-state index contributed by atoms with van der Waals surface area (Å²) in [5.74, 6) is -0.370. The van der Waals surface area contributed by atoms with Gasteiger partial charge in [0.1, 0.15) is 0 Å². The summed E-state index contributed by atoms with van der Waals surface area (Å²) in [6, 6.07) is 0. The lowest BCUT2D eigenvalue weighted by atomic mass is 10.2. The molecular weight excluding hydrogens is 196 g/mol. The van der Waals surface area contributed by atoms with Gasteiger partial charge in [-0.2, -0.15) is 0 Å². The molecule has 1 saturated heterocycles. The second-order valence-corrected chi connectivity index (χ2v) is 3.46. The molecule has 1 fully saturated rings. The fraction of sp³-hybridized carbons (Fsp3) is 0.600. The van der Waals surface area contributed by atoms with E-state index in [1.165, 1.54) is 0 Å². The standard InChI is InChI=1S/C10H14N2O3/c1-2-14-10(13)9-6-12(7-11-9)5-8-3-4-15-8/h6-8H,2-5H2,1H3. The van der Waals surface area contributed by atoms with E-state index in [9.17, 15) is 4.79 Å². The second kappa shape index (κ2) is 4.44. The normalized spacial score (nSPS) is 19.7. The molecule has 0 bridgehead atoms. The van der Waals surface area contributed by atoms with Gasteiger partial charge in [-0.3, -0.25) is 0 Å². The van der Waals surface area contributed by atoms with Crippen molar-refractivity contribution >= 4 is 5.97 Å². The number of aromatic nitrogens is 2. The van der Waals surface area contributed by atoms with E-state index >= 15 is 0 Å². The molecule has 0 aromatic carbocycles. The molecule has 2 heterocycles. The van der Waals surface area contributed by atoms with Crippen LogP contribution >= 0.6 is 0 Å². The number of nitrogens with zero attached hydrogens (tertiary/aromatic N) is 2. The molecule has 0 amide bonds. The van der Waals surface area contributed by atoms with E-state index in [1.54, 1.807) is 19.4 Å². The van der Waals surface area contributed by atoms with Crippen LogP contribution in [0.4, 0.5) is 0 Å². The van der Waals surface area contributed by atoms with Crippen LogP contribution in [0.1, 0.15) is 23.8 Å². The van der Waals surface area contributed by atoms with Crippen LogP contribution in [0.25, 0.3) is 0 Å². The molecule has 1 atom stereocenters. The zero-order valence-corrected chi connectivity index (χ0v) is 8.68. The van der Waals surface area contributed by atoms with Gasteiger partial charge in [-0.05, 0) is 13.3 Å². The van der Waals surface area contributed by atoms with Crippen molar-refractivity contribution in [3.63, 3.8) is 0 Å². The Morgan fingerprint density at radius 1 is 1.80 bits per heavy atom. The van der Waals surface area contributed by atoms with Gasteiger partial charge in [0.25, 0.3) is 0 Å². The van der Waals surface area contributed by atoms with E-state index < -0.39 is 0 Å². The van der Waals surface area contributed by atoms with Crippen molar-refractivity contribution in [1.29, 1.82) is 0 Å². The van der Waals surface area contributed by atoms with Crippen LogP contribution in [0.5, 0.6) is 0 Å². The van der Waals surface area contributed by atoms with Crippen LogP contribution in [-0.2, 0) is 16.0 Å². The largest absolute Gasteiger partial charge is 0.461 e. The van der Waals surface area contributed by atoms with Crippen molar-refractivity contribution in [3.8, 4) is 0 Å². The SMILES string of the molecule is CCOC(=O)c1cn(CC2CCO2)cn1. The number of hydrogen-bond acceptors (Lipinski definition) is 4. The molecule has 2 rings (SSSR count). The molecule has 0 N–H and O–H groups in total. The Hall–Kier alpha value is -1.36. The zero-order valence-electron chi connectivity index (χ0n) is 8.68. The fourth-order valence-corrected chi connectivity index (χ4v) is 1.43. The smallest absolute Gasteiger partial charge is 0.358 e. The van der Waals surface area contributed by atoms with Crippen molar-refractivity contribution < 1.29 is 14.3 Å². The number of carbonyl (C=O) groups excluding carboxylic acids is 1. The number of imidazole rings is 1. The Kier molecular flexibility index (Phi) is 3.01. The summed E-state index contributed by atoms with van der Waals surface area (Å²) in [6.07, 6.45) is 4.68. The number of esters is 1. The summed E-state index contributed by atoms with van der Waals surface area (Å²) in [5, 5.41) is 0. The first kappa shape index (κ1) is 10.2. The Balaban J connectivity index is 1.93. The molecule has 5 nitrogen and oxygen atoms in total. The molecule has 5 heteroatoms. The molecule has 0 radical (unpaired) electrons. The summed E-state index contributed by atoms with van der Waals surface area (Å²) in [4.78, 5) is 15.3. The fourth-order valence-electron chi connectivity index (χ4n) is 1.43. The molecule has 82 valence electrons. The molecule has 0 aliphatic carbocycles. The highest BCUT2D eigenvalue weighted by molar-refractivity contribution is 5.86. The molecule has 1 aliphatic heterocycles. The monoisotopic (exact) mass is 210 g/mol. The minimum Gasteiger partial charge on any atom is -0.461 e. The van der Waals surface area contributed by atoms with Gasteiger partial charge in [-0.25, -0.2) is 9.78 Å². The molecule has 1 aliphatic rings. The van der Waals surface area contributed by atoms with Gasteiger partial charge < -0.3 is 14.0 Å². The van der Waals surface area contributed by atoms with Gasteiger partial charge in [0.05, 0.1) is 19.0 Å². The van der Waals surface area contributed by atoms with Gasteiger partial charge in [-0.1, -0.05) is 0 Å². The Morgan fingerprint density at radius 3 is 3.20 bits per heavy atom. The lowest BCUT2D eigenvalue weighted by Gasteiger charge is -2.26. The highest BCUT2D eigenvalue weighted by Crippen LogP contribution is 2.13. The van der Waals surface area contributed by atoms with Gasteiger partial charge in [0, 0.05) is 19.3 Å². The summed E-state index contributed by atoms with van der Waals surface area (Å²) in [5.41, 5.74) is 0.358. The van der Waals surface area contributed by atoms with Gasteiger partial charge in [0.15, 0.2) is 5.69 Å². The van der Waals surface area contributed by atoms with E-state index in [2.05, 4.69) is 4.98 Å². The summed E-state index contributed by atoms with van der Waals surface area (Å²) in [6.45, 7) is 3.74. The number of carbonyl (C=O) groups is 1. The zero-order chi connectivity index (χ0) is 10.7.